The van der Waals surface area contributed by atoms with Crippen LogP contribution in [0.5, 0.6) is 5.75 Å². The number of hydrogen-bond acceptors (Lipinski definition) is 2. The highest BCUT2D eigenvalue weighted by Crippen LogP contribution is 2.28. The van der Waals surface area contributed by atoms with E-state index in [1.54, 1.807) is 24.3 Å². The number of benzene rings is 1. The van der Waals surface area contributed by atoms with Crippen LogP contribution in [0, 0.1) is 0 Å². The fourth-order valence-corrected chi connectivity index (χ4v) is 1.82. The van der Waals surface area contributed by atoms with Crippen molar-refractivity contribution in [2.24, 2.45) is 0 Å². The van der Waals surface area contributed by atoms with Gasteiger partial charge in [-0.05, 0) is 24.3 Å². The number of fused-ring (bicyclic) bond motifs is 1. The Hall–Kier alpha value is -1.45. The number of amides is 1. The van der Waals surface area contributed by atoms with Gasteiger partial charge in [0.1, 0.15) is 12.4 Å². The molecule has 0 fully saturated rings. The van der Waals surface area contributed by atoms with Gasteiger partial charge >= 0.3 is 0 Å². The molecule has 1 N–H and O–H groups in total. The molecule has 2 rings (SSSR count). The summed E-state index contributed by atoms with van der Waals surface area (Å²) >= 11 is 11.5. The molecule has 5 heteroatoms. The van der Waals surface area contributed by atoms with Gasteiger partial charge in [0.15, 0.2) is 0 Å². The Morgan fingerprint density at radius 2 is 2.28 bits per heavy atom. The number of ether oxygens (including phenoxy) is 1. The second kappa shape index (κ2) is 5.46. The lowest BCUT2D eigenvalue weighted by Crippen LogP contribution is -2.29. The van der Waals surface area contributed by atoms with E-state index in [0.717, 1.165) is 11.3 Å². The molecule has 1 aliphatic rings. The molecule has 0 saturated heterocycles. The molecule has 1 aromatic carbocycles. The molecule has 0 aromatic heterocycles. The van der Waals surface area contributed by atoms with Crippen molar-refractivity contribution in [3.8, 4) is 5.75 Å². The summed E-state index contributed by atoms with van der Waals surface area (Å²) in [6.07, 6.45) is 1.76. The third-order valence-electron chi connectivity index (χ3n) is 2.42. The maximum atomic E-state index is 11.8. The highest BCUT2D eigenvalue weighted by atomic mass is 35.5. The maximum absolute atomic E-state index is 11.8. The molecule has 0 unspecified atom stereocenters. The van der Waals surface area contributed by atoms with E-state index in [1.807, 2.05) is 0 Å². The molecule has 1 amide bonds. The highest BCUT2D eigenvalue weighted by Gasteiger charge is 2.17. The fraction of sp³-hybridized carbons (Fsp3) is 0.154. The van der Waals surface area contributed by atoms with Gasteiger partial charge in [0.05, 0.1) is 12.1 Å². The van der Waals surface area contributed by atoms with E-state index in [0.29, 0.717) is 15.6 Å². The van der Waals surface area contributed by atoms with E-state index in [9.17, 15) is 4.79 Å². The number of nitrogens with one attached hydrogen (secondary N) is 1. The van der Waals surface area contributed by atoms with Crippen LogP contribution in [0.25, 0.3) is 6.08 Å². The fourth-order valence-electron chi connectivity index (χ4n) is 1.57. The summed E-state index contributed by atoms with van der Waals surface area (Å²) in [5, 5.41) is 3.63. The Balaban J connectivity index is 2.16. The zero-order valence-electron chi connectivity index (χ0n) is 9.50. The third kappa shape index (κ3) is 3.06. The van der Waals surface area contributed by atoms with Crippen molar-refractivity contribution in [3.63, 3.8) is 0 Å². The van der Waals surface area contributed by atoms with Crippen molar-refractivity contribution in [1.29, 1.82) is 0 Å². The Kier molecular flexibility index (Phi) is 3.94. The van der Waals surface area contributed by atoms with E-state index in [4.69, 9.17) is 27.9 Å². The summed E-state index contributed by atoms with van der Waals surface area (Å²) in [6.45, 7) is 3.97. The van der Waals surface area contributed by atoms with Crippen LogP contribution in [-0.2, 0) is 4.79 Å². The smallest absolute Gasteiger partial charge is 0.250 e. The third-order valence-corrected chi connectivity index (χ3v) is 2.79. The topological polar surface area (TPSA) is 38.3 Å². The van der Waals surface area contributed by atoms with E-state index in [-0.39, 0.29) is 19.1 Å². The average Bonchev–Trinajstić information content (AvgIpc) is 2.34. The van der Waals surface area contributed by atoms with Gasteiger partial charge in [0.2, 0.25) is 0 Å². The van der Waals surface area contributed by atoms with E-state index < -0.39 is 0 Å². The lowest BCUT2D eigenvalue weighted by Gasteiger charge is -2.17. The Bertz CT molecular complexity index is 538. The van der Waals surface area contributed by atoms with Crippen LogP contribution in [0.2, 0.25) is 5.02 Å². The first kappa shape index (κ1) is 13.0. The largest absolute Gasteiger partial charge is 0.488 e. The molecule has 0 saturated carbocycles. The molecule has 0 bridgehead atoms. The first-order chi connectivity index (χ1) is 8.56. The van der Waals surface area contributed by atoms with Crippen molar-refractivity contribution in [2.75, 3.05) is 13.2 Å². The summed E-state index contributed by atoms with van der Waals surface area (Å²) in [7, 11) is 0. The van der Waals surface area contributed by atoms with Gasteiger partial charge in [-0.1, -0.05) is 29.8 Å². The molecule has 0 atom stereocenters. The summed E-state index contributed by atoms with van der Waals surface area (Å²) in [5.74, 6) is 0.500. The van der Waals surface area contributed by atoms with Crippen molar-refractivity contribution in [3.05, 3.63) is 46.0 Å². The number of rotatable bonds is 3. The lowest BCUT2D eigenvalue weighted by atomic mass is 10.1. The van der Waals surface area contributed by atoms with E-state index in [2.05, 4.69) is 11.9 Å². The predicted molar refractivity (Wildman–Crippen MR) is 72.9 cm³/mol. The number of carbonyl (C=O) groups is 1. The van der Waals surface area contributed by atoms with Crippen LogP contribution in [0.4, 0.5) is 0 Å². The minimum absolute atomic E-state index is 0.220. The summed E-state index contributed by atoms with van der Waals surface area (Å²) < 4.78 is 5.48. The maximum Gasteiger partial charge on any atom is 0.250 e. The second-order valence-electron chi connectivity index (χ2n) is 3.84. The van der Waals surface area contributed by atoms with Crippen LogP contribution < -0.4 is 10.1 Å². The molecular weight excluding hydrogens is 273 g/mol. The van der Waals surface area contributed by atoms with Crippen molar-refractivity contribution < 1.29 is 9.53 Å². The second-order valence-corrected chi connectivity index (χ2v) is 4.81. The molecule has 94 valence electrons. The highest BCUT2D eigenvalue weighted by molar-refractivity contribution is 6.30. The van der Waals surface area contributed by atoms with Gasteiger partial charge in [0.25, 0.3) is 5.91 Å². The van der Waals surface area contributed by atoms with Gasteiger partial charge in [-0.2, -0.15) is 0 Å². The Morgan fingerprint density at radius 3 is 3.00 bits per heavy atom. The Labute approximate surface area is 115 Å². The monoisotopic (exact) mass is 283 g/mol. The summed E-state index contributed by atoms with van der Waals surface area (Å²) in [4.78, 5) is 11.8. The zero-order chi connectivity index (χ0) is 13.1. The zero-order valence-corrected chi connectivity index (χ0v) is 11.0. The molecule has 1 aliphatic heterocycles. The van der Waals surface area contributed by atoms with Crippen molar-refractivity contribution in [1.82, 2.24) is 5.32 Å². The van der Waals surface area contributed by atoms with Crippen LogP contribution in [0.15, 0.2) is 35.4 Å². The van der Waals surface area contributed by atoms with Gasteiger partial charge < -0.3 is 10.1 Å². The molecule has 18 heavy (non-hydrogen) atoms. The quantitative estimate of drug-likeness (QED) is 0.926. The summed E-state index contributed by atoms with van der Waals surface area (Å²) in [5.41, 5.74) is 1.33. The molecule has 3 nitrogen and oxygen atoms in total. The van der Waals surface area contributed by atoms with Crippen LogP contribution >= 0.6 is 23.2 Å². The minimum Gasteiger partial charge on any atom is -0.488 e. The Morgan fingerprint density at radius 1 is 1.50 bits per heavy atom. The van der Waals surface area contributed by atoms with E-state index >= 15 is 0 Å². The van der Waals surface area contributed by atoms with E-state index in [1.165, 1.54) is 0 Å². The first-order valence-corrected chi connectivity index (χ1v) is 6.06. The van der Waals surface area contributed by atoms with Gasteiger partial charge in [-0.25, -0.2) is 0 Å². The predicted octanol–water partition coefficient (Wildman–Crippen LogP) is 2.98. The number of halogens is 2. The summed E-state index contributed by atoms with van der Waals surface area (Å²) in [6, 6.07) is 5.28. The molecule has 0 spiro atoms. The average molecular weight is 284 g/mol. The van der Waals surface area contributed by atoms with Crippen molar-refractivity contribution >= 4 is 35.2 Å². The molecular formula is C13H11Cl2NO2. The van der Waals surface area contributed by atoms with Crippen molar-refractivity contribution in [2.45, 2.75) is 0 Å². The van der Waals surface area contributed by atoms with Gasteiger partial charge in [0, 0.05) is 15.6 Å². The van der Waals surface area contributed by atoms with Crippen LogP contribution in [0.3, 0.4) is 0 Å². The molecule has 1 heterocycles. The lowest BCUT2D eigenvalue weighted by molar-refractivity contribution is -0.117. The van der Waals surface area contributed by atoms with Gasteiger partial charge in [-0.3, -0.25) is 4.79 Å². The SMILES string of the molecule is C=C(Cl)CNC(=O)C1=Cc2cc(Cl)ccc2OC1. The number of hydrogen-bond donors (Lipinski definition) is 1. The molecule has 0 aliphatic carbocycles. The van der Waals surface area contributed by atoms with Crippen LogP contribution in [-0.4, -0.2) is 19.1 Å². The van der Waals surface area contributed by atoms with Crippen LogP contribution in [0.1, 0.15) is 5.56 Å². The molecule has 1 aromatic rings. The minimum atomic E-state index is -0.220. The van der Waals surface area contributed by atoms with Gasteiger partial charge in [-0.15, -0.1) is 0 Å². The molecule has 0 radical (unpaired) electrons. The standard InChI is InChI=1S/C13H11Cl2NO2/c1-8(14)6-16-13(17)10-4-9-5-11(15)2-3-12(9)18-7-10/h2-5H,1,6-7H2,(H,16,17). The number of carbonyl (C=O) groups excluding carboxylic acids is 1. The normalized spacial score (nSPS) is 13.1. The first-order valence-electron chi connectivity index (χ1n) is 5.30.